The highest BCUT2D eigenvalue weighted by atomic mass is 28.4. The van der Waals surface area contributed by atoms with Crippen molar-refractivity contribution in [2.45, 2.75) is 51.4 Å². The van der Waals surface area contributed by atoms with Crippen LogP contribution in [0.25, 0.3) is 5.76 Å². The topological polar surface area (TPSA) is 44.8 Å². The van der Waals surface area contributed by atoms with Gasteiger partial charge in [0.15, 0.2) is 8.32 Å². The minimum atomic E-state index is -2.06. The number of methoxy groups -OCH3 is 2. The first-order valence-electron chi connectivity index (χ1n) is 8.70. The highest BCUT2D eigenvalue weighted by Gasteiger charge is 2.42. The van der Waals surface area contributed by atoms with E-state index in [9.17, 15) is 4.79 Å². The van der Waals surface area contributed by atoms with Crippen molar-refractivity contribution in [1.82, 2.24) is 0 Å². The van der Waals surface area contributed by atoms with Crippen molar-refractivity contribution in [3.05, 3.63) is 35.4 Å². The second kappa shape index (κ2) is 7.34. The molecule has 4 nitrogen and oxygen atoms in total. The Morgan fingerprint density at radius 1 is 1.16 bits per heavy atom. The van der Waals surface area contributed by atoms with Crippen molar-refractivity contribution >= 4 is 20.4 Å². The Morgan fingerprint density at radius 2 is 1.84 bits per heavy atom. The second-order valence-electron chi connectivity index (χ2n) is 8.03. The SMILES string of the molecule is COC1=CCC(C=O)C(O[Si](C)(C)C(C)(C)C)c2cccc(OC)c21. The van der Waals surface area contributed by atoms with Gasteiger partial charge in [0.2, 0.25) is 0 Å². The number of ether oxygens (including phenoxy) is 2. The minimum Gasteiger partial charge on any atom is -0.496 e. The van der Waals surface area contributed by atoms with Crippen molar-refractivity contribution in [2.75, 3.05) is 14.2 Å². The van der Waals surface area contributed by atoms with Gasteiger partial charge in [-0.25, -0.2) is 0 Å². The van der Waals surface area contributed by atoms with Gasteiger partial charge in [0.05, 0.1) is 25.9 Å². The highest BCUT2D eigenvalue weighted by molar-refractivity contribution is 6.74. The van der Waals surface area contributed by atoms with Gasteiger partial charge in [-0.2, -0.15) is 0 Å². The van der Waals surface area contributed by atoms with Crippen LogP contribution in [0, 0.1) is 5.92 Å². The molecule has 138 valence electrons. The highest BCUT2D eigenvalue weighted by Crippen LogP contribution is 2.46. The maximum absolute atomic E-state index is 11.9. The summed E-state index contributed by atoms with van der Waals surface area (Å²) in [5.74, 6) is 1.23. The number of benzene rings is 1. The average molecular weight is 363 g/mol. The fourth-order valence-corrected chi connectivity index (χ4v) is 4.17. The molecule has 0 amide bonds. The van der Waals surface area contributed by atoms with Gasteiger partial charge in [0.25, 0.3) is 0 Å². The molecule has 0 saturated carbocycles. The number of carbonyl (C=O) groups is 1. The third kappa shape index (κ3) is 3.82. The maximum atomic E-state index is 11.9. The second-order valence-corrected chi connectivity index (χ2v) is 12.8. The zero-order chi connectivity index (χ0) is 18.8. The van der Waals surface area contributed by atoms with Crippen molar-refractivity contribution in [3.8, 4) is 5.75 Å². The van der Waals surface area contributed by atoms with Gasteiger partial charge in [-0.05, 0) is 42.3 Å². The zero-order valence-corrected chi connectivity index (χ0v) is 17.4. The molecular weight excluding hydrogens is 332 g/mol. The number of hydrogen-bond donors (Lipinski definition) is 0. The van der Waals surface area contributed by atoms with Crippen LogP contribution in [0.5, 0.6) is 5.75 Å². The Labute approximate surface area is 152 Å². The van der Waals surface area contributed by atoms with Gasteiger partial charge >= 0.3 is 0 Å². The van der Waals surface area contributed by atoms with Gasteiger partial charge < -0.3 is 18.7 Å². The van der Waals surface area contributed by atoms with Crippen LogP contribution in [0.3, 0.4) is 0 Å². The van der Waals surface area contributed by atoms with Crippen molar-refractivity contribution in [3.63, 3.8) is 0 Å². The predicted molar refractivity (Wildman–Crippen MR) is 103 cm³/mol. The lowest BCUT2D eigenvalue weighted by atomic mass is 9.93. The van der Waals surface area contributed by atoms with Gasteiger partial charge in [-0.1, -0.05) is 32.9 Å². The van der Waals surface area contributed by atoms with E-state index in [1.165, 1.54) is 0 Å². The molecule has 0 bridgehead atoms. The third-order valence-corrected chi connectivity index (χ3v) is 9.87. The molecule has 0 heterocycles. The van der Waals surface area contributed by atoms with E-state index in [0.717, 1.165) is 28.9 Å². The van der Waals surface area contributed by atoms with Crippen LogP contribution < -0.4 is 4.74 Å². The van der Waals surface area contributed by atoms with E-state index in [4.69, 9.17) is 13.9 Å². The molecular formula is C20H30O4Si. The Kier molecular flexibility index (Phi) is 5.79. The number of allylic oxidation sites excluding steroid dienone is 1. The third-order valence-electron chi connectivity index (χ3n) is 5.42. The molecule has 1 aliphatic rings. The Bertz CT molecular complexity index is 658. The maximum Gasteiger partial charge on any atom is 0.192 e. The lowest BCUT2D eigenvalue weighted by Crippen LogP contribution is -2.43. The lowest BCUT2D eigenvalue weighted by molar-refractivity contribution is -0.113. The number of hydrogen-bond acceptors (Lipinski definition) is 4. The van der Waals surface area contributed by atoms with Crippen molar-refractivity contribution < 1.29 is 18.7 Å². The Balaban J connectivity index is 2.61. The summed E-state index contributed by atoms with van der Waals surface area (Å²) in [5.41, 5.74) is 1.85. The molecule has 25 heavy (non-hydrogen) atoms. The molecule has 2 rings (SSSR count). The summed E-state index contributed by atoms with van der Waals surface area (Å²) in [5, 5.41) is 0.0588. The van der Waals surface area contributed by atoms with Gasteiger partial charge in [-0.15, -0.1) is 0 Å². The Hall–Kier alpha value is -1.59. The summed E-state index contributed by atoms with van der Waals surface area (Å²) in [6.07, 6.45) is 3.27. The number of rotatable bonds is 5. The van der Waals surface area contributed by atoms with Crippen molar-refractivity contribution in [1.29, 1.82) is 0 Å². The van der Waals surface area contributed by atoms with E-state index >= 15 is 0 Å². The molecule has 5 heteroatoms. The number of aldehydes is 1. The molecule has 0 aliphatic heterocycles. The summed E-state index contributed by atoms with van der Waals surface area (Å²) >= 11 is 0. The molecule has 1 aliphatic carbocycles. The van der Waals surface area contributed by atoms with E-state index in [-0.39, 0.29) is 17.1 Å². The Morgan fingerprint density at radius 3 is 2.36 bits per heavy atom. The normalized spacial score (nSPS) is 21.0. The molecule has 0 spiro atoms. The minimum absolute atomic E-state index is 0.0588. The van der Waals surface area contributed by atoms with Crippen LogP contribution in [-0.2, 0) is 14.0 Å². The first kappa shape index (κ1) is 19.7. The lowest BCUT2D eigenvalue weighted by Gasteiger charge is -2.40. The fourth-order valence-electron chi connectivity index (χ4n) is 2.88. The summed E-state index contributed by atoms with van der Waals surface area (Å²) in [4.78, 5) is 11.9. The standard InChI is InChI=1S/C20H30O4Si/c1-20(2,3)25(6,7)24-19-14(13-21)11-12-17(23-5)18-15(19)9-8-10-16(18)22-4/h8-10,12-14,19H,11H2,1-7H3. The van der Waals surface area contributed by atoms with E-state index in [1.54, 1.807) is 14.2 Å². The van der Waals surface area contributed by atoms with E-state index in [1.807, 2.05) is 24.3 Å². The zero-order valence-electron chi connectivity index (χ0n) is 16.4. The van der Waals surface area contributed by atoms with Crippen LogP contribution in [0.2, 0.25) is 18.1 Å². The number of fused-ring (bicyclic) bond motifs is 1. The van der Waals surface area contributed by atoms with Crippen LogP contribution in [0.1, 0.15) is 44.4 Å². The predicted octanol–water partition coefficient (Wildman–Crippen LogP) is 4.96. The van der Waals surface area contributed by atoms with Crippen LogP contribution in [0.15, 0.2) is 24.3 Å². The van der Waals surface area contributed by atoms with Gasteiger partial charge in [-0.3, -0.25) is 0 Å². The van der Waals surface area contributed by atoms with Crippen LogP contribution in [0.4, 0.5) is 0 Å². The molecule has 0 fully saturated rings. The van der Waals surface area contributed by atoms with E-state index in [2.05, 4.69) is 33.9 Å². The molecule has 2 atom stereocenters. The summed E-state index contributed by atoms with van der Waals surface area (Å²) in [6.45, 7) is 11.0. The van der Waals surface area contributed by atoms with Crippen molar-refractivity contribution in [2.24, 2.45) is 5.92 Å². The molecule has 1 aromatic rings. The summed E-state index contributed by atoms with van der Waals surface area (Å²) < 4.78 is 17.9. The first-order chi connectivity index (χ1) is 11.7. The fraction of sp³-hybridized carbons (Fsp3) is 0.550. The quantitative estimate of drug-likeness (QED) is 0.548. The average Bonchev–Trinajstić information content (AvgIpc) is 2.70. The van der Waals surface area contributed by atoms with Gasteiger partial charge in [0.1, 0.15) is 17.8 Å². The van der Waals surface area contributed by atoms with Crippen LogP contribution in [-0.4, -0.2) is 28.8 Å². The monoisotopic (exact) mass is 362 g/mol. The van der Waals surface area contributed by atoms with E-state index in [0.29, 0.717) is 6.42 Å². The molecule has 2 unspecified atom stereocenters. The molecule has 0 aromatic heterocycles. The molecule has 1 aromatic carbocycles. The largest absolute Gasteiger partial charge is 0.496 e. The molecule has 0 radical (unpaired) electrons. The first-order valence-corrected chi connectivity index (χ1v) is 11.6. The smallest absolute Gasteiger partial charge is 0.192 e. The number of carbonyl (C=O) groups excluding carboxylic acids is 1. The summed E-state index contributed by atoms with van der Waals surface area (Å²) in [7, 11) is 1.23. The summed E-state index contributed by atoms with van der Waals surface area (Å²) in [6, 6.07) is 5.88. The van der Waals surface area contributed by atoms with Crippen LogP contribution >= 0.6 is 0 Å². The molecule has 0 saturated heterocycles. The molecule has 0 N–H and O–H groups in total. The van der Waals surface area contributed by atoms with E-state index < -0.39 is 8.32 Å². The van der Waals surface area contributed by atoms with Gasteiger partial charge in [0, 0.05) is 5.92 Å².